The molecule has 0 aromatic carbocycles. The maximum absolute atomic E-state index is 12.0. The molecule has 1 rings (SSSR count). The predicted molar refractivity (Wildman–Crippen MR) is 74.4 cm³/mol. The molecule has 1 aromatic rings. The number of hydrogen-bond acceptors (Lipinski definition) is 5. The summed E-state index contributed by atoms with van der Waals surface area (Å²) in [5, 5.41) is 8.88. The maximum atomic E-state index is 12.0. The van der Waals surface area contributed by atoms with Crippen LogP contribution in [-0.2, 0) is 20.2 Å². The van der Waals surface area contributed by atoms with Gasteiger partial charge in [-0.15, -0.1) is 0 Å². The van der Waals surface area contributed by atoms with Crippen molar-refractivity contribution in [2.24, 2.45) is 5.92 Å². The molecule has 0 saturated carbocycles. The van der Waals surface area contributed by atoms with Crippen LogP contribution in [0.2, 0.25) is 0 Å². The van der Waals surface area contributed by atoms with Crippen molar-refractivity contribution in [1.82, 2.24) is 15.5 Å². The molecule has 0 bridgehead atoms. The molecule has 1 aromatic heterocycles. The van der Waals surface area contributed by atoms with Gasteiger partial charge in [0.25, 0.3) is 15.0 Å². The van der Waals surface area contributed by atoms with Crippen molar-refractivity contribution in [2.45, 2.75) is 25.2 Å². The molecular weight excluding hydrogens is 306 g/mol. The number of aromatic nitrogens is 2. The monoisotopic (exact) mass is 323 g/mol. The third-order valence-corrected chi connectivity index (χ3v) is 4.06. The predicted octanol–water partition coefficient (Wildman–Crippen LogP) is 0.912. The Hall–Kier alpha value is -1.12. The molecule has 0 spiro atoms. The first-order chi connectivity index (χ1) is 9.31. The summed E-state index contributed by atoms with van der Waals surface area (Å²) in [6.07, 6.45) is 0.377. The quantitative estimate of drug-likeness (QED) is 0.726. The van der Waals surface area contributed by atoms with Crippen LogP contribution in [-0.4, -0.2) is 44.8 Å². The zero-order valence-corrected chi connectivity index (χ0v) is 13.1. The van der Waals surface area contributed by atoms with Gasteiger partial charge in [0, 0.05) is 24.3 Å². The van der Waals surface area contributed by atoms with E-state index in [-0.39, 0.29) is 16.5 Å². The molecular formula is C11H18ClN3O4S. The lowest BCUT2D eigenvalue weighted by Crippen LogP contribution is -2.30. The minimum Gasteiger partial charge on any atom is -0.384 e. The van der Waals surface area contributed by atoms with Crippen molar-refractivity contribution >= 4 is 25.6 Å². The second-order valence-electron chi connectivity index (χ2n) is 4.44. The van der Waals surface area contributed by atoms with Crippen molar-refractivity contribution in [3.63, 3.8) is 0 Å². The van der Waals surface area contributed by atoms with Crippen LogP contribution in [0.3, 0.4) is 0 Å². The standard InChI is InChI=1S/C11H18ClN3O4S/c1-4-8-10(20(12,17)18)9(15-14-8)11(16)13-5-7(2)6-19-3/h7H,4-6H2,1-3H3,(H,13,16)(H,14,15). The van der Waals surface area contributed by atoms with E-state index < -0.39 is 15.0 Å². The van der Waals surface area contributed by atoms with Gasteiger partial charge in [0.05, 0.1) is 12.3 Å². The molecule has 0 radical (unpaired) electrons. The van der Waals surface area contributed by atoms with Gasteiger partial charge in [0.15, 0.2) is 5.69 Å². The fourth-order valence-electron chi connectivity index (χ4n) is 1.72. The van der Waals surface area contributed by atoms with Gasteiger partial charge < -0.3 is 10.1 Å². The number of hydrogen-bond donors (Lipinski definition) is 2. The summed E-state index contributed by atoms with van der Waals surface area (Å²) in [6, 6.07) is 0. The summed E-state index contributed by atoms with van der Waals surface area (Å²) in [5.41, 5.74) is 0.108. The first-order valence-electron chi connectivity index (χ1n) is 6.10. The summed E-state index contributed by atoms with van der Waals surface area (Å²) < 4.78 is 28.0. The van der Waals surface area contributed by atoms with Gasteiger partial charge in [-0.05, 0) is 12.3 Å². The van der Waals surface area contributed by atoms with Crippen LogP contribution in [0.25, 0.3) is 0 Å². The third-order valence-electron chi connectivity index (χ3n) is 2.67. The minimum absolute atomic E-state index is 0.101. The van der Waals surface area contributed by atoms with Crippen molar-refractivity contribution in [3.8, 4) is 0 Å². The molecule has 0 aliphatic heterocycles. The van der Waals surface area contributed by atoms with Crippen molar-refractivity contribution in [2.75, 3.05) is 20.3 Å². The van der Waals surface area contributed by atoms with Crippen LogP contribution < -0.4 is 5.32 Å². The first-order valence-corrected chi connectivity index (χ1v) is 8.41. The lowest BCUT2D eigenvalue weighted by molar-refractivity contribution is 0.0926. The Bertz CT molecular complexity index is 570. The number of ether oxygens (including phenoxy) is 1. The molecule has 1 amide bonds. The Morgan fingerprint density at radius 1 is 1.55 bits per heavy atom. The van der Waals surface area contributed by atoms with E-state index in [1.54, 1.807) is 14.0 Å². The van der Waals surface area contributed by atoms with Gasteiger partial charge in [-0.1, -0.05) is 13.8 Å². The Labute approximate surface area is 122 Å². The highest BCUT2D eigenvalue weighted by Crippen LogP contribution is 2.22. The van der Waals surface area contributed by atoms with Gasteiger partial charge in [-0.25, -0.2) is 8.42 Å². The molecule has 9 heteroatoms. The minimum atomic E-state index is -4.03. The molecule has 0 saturated heterocycles. The summed E-state index contributed by atoms with van der Waals surface area (Å²) in [5.74, 6) is -0.479. The summed E-state index contributed by atoms with van der Waals surface area (Å²) in [7, 11) is 2.89. The molecule has 1 heterocycles. The van der Waals surface area contributed by atoms with Crippen molar-refractivity contribution < 1.29 is 17.9 Å². The molecule has 0 aliphatic rings. The fourth-order valence-corrected chi connectivity index (χ4v) is 3.07. The van der Waals surface area contributed by atoms with E-state index in [1.807, 2.05) is 6.92 Å². The average molecular weight is 324 g/mol. The second-order valence-corrected chi connectivity index (χ2v) is 6.94. The number of H-pyrrole nitrogens is 1. The number of nitrogens with one attached hydrogen (secondary N) is 2. The fraction of sp³-hybridized carbons (Fsp3) is 0.636. The third kappa shape index (κ3) is 4.19. The Morgan fingerprint density at radius 2 is 2.20 bits per heavy atom. The van der Waals surface area contributed by atoms with E-state index in [0.29, 0.717) is 25.3 Å². The van der Waals surface area contributed by atoms with Crippen LogP contribution in [0.1, 0.15) is 30.0 Å². The normalized spacial score (nSPS) is 13.2. The van der Waals surface area contributed by atoms with Crippen molar-refractivity contribution in [1.29, 1.82) is 0 Å². The van der Waals surface area contributed by atoms with Crippen molar-refractivity contribution in [3.05, 3.63) is 11.4 Å². The number of methoxy groups -OCH3 is 1. The molecule has 1 atom stereocenters. The second kappa shape index (κ2) is 7.05. The molecule has 0 fully saturated rings. The number of amides is 1. The lowest BCUT2D eigenvalue weighted by Gasteiger charge is -2.10. The maximum Gasteiger partial charge on any atom is 0.273 e. The Morgan fingerprint density at radius 3 is 2.70 bits per heavy atom. The Kier molecular flexibility index (Phi) is 5.97. The van der Waals surface area contributed by atoms with E-state index in [1.165, 1.54) is 0 Å². The van der Waals surface area contributed by atoms with Crippen LogP contribution in [0.15, 0.2) is 4.90 Å². The van der Waals surface area contributed by atoms with Crippen LogP contribution in [0.4, 0.5) is 0 Å². The SMILES string of the molecule is CCc1[nH]nc(C(=O)NCC(C)COC)c1S(=O)(=O)Cl. The lowest BCUT2D eigenvalue weighted by atomic mass is 10.2. The number of carbonyl (C=O) groups excluding carboxylic acids is 1. The molecule has 2 N–H and O–H groups in total. The zero-order valence-electron chi connectivity index (χ0n) is 11.6. The number of nitrogens with zero attached hydrogens (tertiary/aromatic N) is 1. The number of aromatic amines is 1. The van der Waals surface area contributed by atoms with E-state index in [9.17, 15) is 13.2 Å². The van der Waals surface area contributed by atoms with E-state index >= 15 is 0 Å². The smallest absolute Gasteiger partial charge is 0.273 e. The van der Waals surface area contributed by atoms with Crippen LogP contribution in [0.5, 0.6) is 0 Å². The highest BCUT2D eigenvalue weighted by molar-refractivity contribution is 8.13. The molecule has 114 valence electrons. The van der Waals surface area contributed by atoms with E-state index in [4.69, 9.17) is 15.4 Å². The largest absolute Gasteiger partial charge is 0.384 e. The van der Waals surface area contributed by atoms with Gasteiger partial charge >= 0.3 is 0 Å². The van der Waals surface area contributed by atoms with Gasteiger partial charge in [-0.2, -0.15) is 5.10 Å². The van der Waals surface area contributed by atoms with Crippen LogP contribution in [0, 0.1) is 5.92 Å². The zero-order chi connectivity index (χ0) is 15.3. The van der Waals surface area contributed by atoms with E-state index in [2.05, 4.69) is 15.5 Å². The summed E-state index contributed by atoms with van der Waals surface area (Å²) >= 11 is 0. The molecule has 1 unspecified atom stereocenters. The van der Waals surface area contributed by atoms with Crippen LogP contribution >= 0.6 is 10.7 Å². The number of rotatable bonds is 7. The Balaban J connectivity index is 2.92. The van der Waals surface area contributed by atoms with E-state index in [0.717, 1.165) is 0 Å². The molecule has 7 nitrogen and oxygen atoms in total. The summed E-state index contributed by atoms with van der Waals surface area (Å²) in [6.45, 7) is 4.47. The van der Waals surface area contributed by atoms with Gasteiger partial charge in [-0.3, -0.25) is 9.89 Å². The highest BCUT2D eigenvalue weighted by Gasteiger charge is 2.27. The first kappa shape index (κ1) is 16.9. The molecule has 0 aliphatic carbocycles. The van der Waals surface area contributed by atoms with Gasteiger partial charge in [0.1, 0.15) is 4.90 Å². The number of halogens is 1. The molecule has 20 heavy (non-hydrogen) atoms. The summed E-state index contributed by atoms with van der Waals surface area (Å²) in [4.78, 5) is 11.7. The topological polar surface area (TPSA) is 101 Å². The van der Waals surface area contributed by atoms with Gasteiger partial charge in [0.2, 0.25) is 0 Å². The highest BCUT2D eigenvalue weighted by atomic mass is 35.7. The number of carbonyl (C=O) groups is 1. The number of aryl methyl sites for hydroxylation is 1. The average Bonchev–Trinajstić information content (AvgIpc) is 2.80.